The molecule has 0 spiro atoms. The third kappa shape index (κ3) is 4.85. The molecule has 0 unspecified atom stereocenters. The molecule has 0 bridgehead atoms. The van der Waals surface area contributed by atoms with Crippen molar-refractivity contribution in [2.45, 2.75) is 43.4 Å². The van der Waals surface area contributed by atoms with Gasteiger partial charge in [-0.25, -0.2) is 0 Å². The lowest BCUT2D eigenvalue weighted by Gasteiger charge is -2.24. The van der Waals surface area contributed by atoms with E-state index in [0.717, 1.165) is 42.0 Å². The van der Waals surface area contributed by atoms with Gasteiger partial charge in [-0.05, 0) is 48.4 Å². The van der Waals surface area contributed by atoms with Crippen LogP contribution in [0.15, 0.2) is 79.0 Å². The monoisotopic (exact) mass is 418 g/mol. The summed E-state index contributed by atoms with van der Waals surface area (Å²) in [6.45, 7) is 2.68. The summed E-state index contributed by atoms with van der Waals surface area (Å²) in [6, 6.07) is 23.7. The van der Waals surface area contributed by atoms with Crippen LogP contribution >= 0.6 is 11.8 Å². The van der Waals surface area contributed by atoms with Crippen molar-refractivity contribution in [1.29, 1.82) is 0 Å². The number of para-hydroxylation sites is 1. The molecule has 1 aliphatic heterocycles. The standard InChI is InChI=1S/C25H26N2O2S/c1-2-3-15-23-24(28)27(18-20-11-7-8-16-26-20)25(30-23)19-10-9-14-22(17-19)29-21-12-5-4-6-13-21/h4-14,16-17,23,25H,2-3,15,18H2,1H3/t23-,25+/m0/s1. The van der Waals surface area contributed by atoms with E-state index < -0.39 is 0 Å². The maximum Gasteiger partial charge on any atom is 0.237 e. The Morgan fingerprint density at radius 3 is 2.57 bits per heavy atom. The van der Waals surface area contributed by atoms with Gasteiger partial charge in [-0.3, -0.25) is 9.78 Å². The Morgan fingerprint density at radius 2 is 1.80 bits per heavy atom. The zero-order chi connectivity index (χ0) is 20.8. The number of carbonyl (C=O) groups excluding carboxylic acids is 1. The van der Waals surface area contributed by atoms with Gasteiger partial charge in [0.25, 0.3) is 0 Å². The number of ether oxygens (including phenoxy) is 1. The molecule has 1 fully saturated rings. The topological polar surface area (TPSA) is 42.4 Å². The largest absolute Gasteiger partial charge is 0.457 e. The van der Waals surface area contributed by atoms with Gasteiger partial charge in [0.15, 0.2) is 0 Å². The van der Waals surface area contributed by atoms with Crippen molar-refractivity contribution >= 4 is 17.7 Å². The minimum atomic E-state index is -0.0410. The third-order valence-electron chi connectivity index (χ3n) is 5.14. The number of rotatable bonds is 8. The van der Waals surface area contributed by atoms with E-state index >= 15 is 0 Å². The van der Waals surface area contributed by atoms with Gasteiger partial charge in [-0.2, -0.15) is 0 Å². The molecular weight excluding hydrogens is 392 g/mol. The predicted octanol–water partition coefficient (Wildman–Crippen LogP) is 6.21. The van der Waals surface area contributed by atoms with Crippen molar-refractivity contribution in [2.24, 2.45) is 0 Å². The maximum absolute atomic E-state index is 13.2. The van der Waals surface area contributed by atoms with Crippen LogP contribution in [0, 0.1) is 0 Å². The highest BCUT2D eigenvalue weighted by molar-refractivity contribution is 8.01. The number of pyridine rings is 1. The molecule has 4 nitrogen and oxygen atoms in total. The second kappa shape index (κ2) is 9.81. The molecule has 1 aromatic heterocycles. The first-order chi connectivity index (χ1) is 14.7. The second-order valence-corrected chi connectivity index (χ2v) is 8.68. The minimum absolute atomic E-state index is 0.00244. The van der Waals surface area contributed by atoms with Gasteiger partial charge in [-0.1, -0.05) is 56.2 Å². The second-order valence-electron chi connectivity index (χ2n) is 7.39. The Morgan fingerprint density at radius 1 is 1.00 bits per heavy atom. The molecule has 154 valence electrons. The van der Waals surface area contributed by atoms with Crippen LogP contribution in [0.3, 0.4) is 0 Å². The van der Waals surface area contributed by atoms with Gasteiger partial charge in [0.1, 0.15) is 16.9 Å². The van der Waals surface area contributed by atoms with Crippen LogP contribution in [0.2, 0.25) is 0 Å². The number of thioether (sulfide) groups is 1. The number of carbonyl (C=O) groups is 1. The van der Waals surface area contributed by atoms with Crippen LogP contribution in [0.25, 0.3) is 0 Å². The van der Waals surface area contributed by atoms with Crippen LogP contribution in [0.1, 0.15) is 42.8 Å². The summed E-state index contributed by atoms with van der Waals surface area (Å²) in [7, 11) is 0. The predicted molar refractivity (Wildman–Crippen MR) is 121 cm³/mol. The fourth-order valence-electron chi connectivity index (χ4n) is 3.61. The van der Waals surface area contributed by atoms with Crippen molar-refractivity contribution in [1.82, 2.24) is 9.88 Å². The molecule has 1 amide bonds. The first-order valence-electron chi connectivity index (χ1n) is 10.4. The van der Waals surface area contributed by atoms with Crippen LogP contribution < -0.4 is 4.74 Å². The van der Waals surface area contributed by atoms with E-state index in [1.807, 2.05) is 71.6 Å². The highest BCUT2D eigenvalue weighted by atomic mass is 32.2. The van der Waals surface area contributed by atoms with E-state index in [1.54, 1.807) is 18.0 Å². The Hall–Kier alpha value is -2.79. The zero-order valence-electron chi connectivity index (χ0n) is 17.1. The number of hydrogen-bond acceptors (Lipinski definition) is 4. The number of amides is 1. The summed E-state index contributed by atoms with van der Waals surface area (Å²) in [5, 5.41) is -0.0435. The zero-order valence-corrected chi connectivity index (χ0v) is 17.9. The van der Waals surface area contributed by atoms with Crippen molar-refractivity contribution in [3.8, 4) is 11.5 Å². The summed E-state index contributed by atoms with van der Waals surface area (Å²) in [5.41, 5.74) is 1.99. The quantitative estimate of drug-likeness (QED) is 0.436. The van der Waals surface area contributed by atoms with E-state index in [0.29, 0.717) is 6.54 Å². The first-order valence-corrected chi connectivity index (χ1v) is 11.4. The van der Waals surface area contributed by atoms with E-state index in [-0.39, 0.29) is 16.5 Å². The smallest absolute Gasteiger partial charge is 0.237 e. The molecule has 2 atom stereocenters. The van der Waals surface area contributed by atoms with Crippen LogP contribution in [-0.2, 0) is 11.3 Å². The van der Waals surface area contributed by atoms with Crippen molar-refractivity contribution in [3.63, 3.8) is 0 Å². The molecule has 0 radical (unpaired) electrons. The Kier molecular flexibility index (Phi) is 6.70. The first kappa shape index (κ1) is 20.5. The van der Waals surface area contributed by atoms with E-state index in [9.17, 15) is 4.79 Å². The summed E-state index contributed by atoms with van der Waals surface area (Å²) in [5.74, 6) is 1.79. The number of nitrogens with zero attached hydrogens (tertiary/aromatic N) is 2. The van der Waals surface area contributed by atoms with E-state index in [1.165, 1.54) is 0 Å². The number of unbranched alkanes of at least 4 members (excludes halogenated alkanes) is 1. The van der Waals surface area contributed by atoms with Crippen LogP contribution in [0.4, 0.5) is 0 Å². The molecule has 2 heterocycles. The number of hydrogen-bond donors (Lipinski definition) is 0. The molecule has 1 saturated heterocycles. The molecule has 4 rings (SSSR count). The Labute approximate surface area is 182 Å². The van der Waals surface area contributed by atoms with Gasteiger partial charge in [-0.15, -0.1) is 11.8 Å². The summed E-state index contributed by atoms with van der Waals surface area (Å²) in [4.78, 5) is 19.6. The Balaban J connectivity index is 1.59. The maximum atomic E-state index is 13.2. The van der Waals surface area contributed by atoms with Gasteiger partial charge < -0.3 is 9.64 Å². The van der Waals surface area contributed by atoms with Gasteiger partial charge in [0.2, 0.25) is 5.91 Å². The molecular formula is C25H26N2O2S. The molecule has 0 N–H and O–H groups in total. The Bertz CT molecular complexity index is 965. The molecule has 2 aromatic carbocycles. The highest BCUT2D eigenvalue weighted by Crippen LogP contribution is 2.46. The van der Waals surface area contributed by atoms with Gasteiger partial charge >= 0.3 is 0 Å². The molecule has 3 aromatic rings. The fourth-order valence-corrected chi connectivity index (χ4v) is 5.11. The SMILES string of the molecule is CCCC[C@@H]1S[C@H](c2cccc(Oc3ccccc3)c2)N(Cc2ccccn2)C1=O. The average molecular weight is 419 g/mol. The number of benzene rings is 2. The summed E-state index contributed by atoms with van der Waals surface area (Å²) >= 11 is 1.75. The van der Waals surface area contributed by atoms with Crippen molar-refractivity contribution in [3.05, 3.63) is 90.3 Å². The molecule has 0 aliphatic carbocycles. The molecule has 5 heteroatoms. The van der Waals surface area contributed by atoms with E-state index in [2.05, 4.69) is 18.0 Å². The third-order valence-corrected chi connectivity index (χ3v) is 6.69. The lowest BCUT2D eigenvalue weighted by Crippen LogP contribution is -2.31. The van der Waals surface area contributed by atoms with Crippen molar-refractivity contribution in [2.75, 3.05) is 0 Å². The minimum Gasteiger partial charge on any atom is -0.457 e. The van der Waals surface area contributed by atoms with E-state index in [4.69, 9.17) is 4.74 Å². The fraction of sp³-hybridized carbons (Fsp3) is 0.280. The van der Waals surface area contributed by atoms with Gasteiger partial charge in [0.05, 0.1) is 17.5 Å². The summed E-state index contributed by atoms with van der Waals surface area (Å²) < 4.78 is 6.03. The van der Waals surface area contributed by atoms with Crippen molar-refractivity contribution < 1.29 is 9.53 Å². The molecule has 1 aliphatic rings. The normalized spacial score (nSPS) is 18.6. The van der Waals surface area contributed by atoms with Crippen LogP contribution in [-0.4, -0.2) is 21.0 Å². The van der Waals surface area contributed by atoms with Crippen LogP contribution in [0.5, 0.6) is 11.5 Å². The molecule has 0 saturated carbocycles. The highest BCUT2D eigenvalue weighted by Gasteiger charge is 2.40. The number of aromatic nitrogens is 1. The lowest BCUT2D eigenvalue weighted by molar-refractivity contribution is -0.130. The molecule has 30 heavy (non-hydrogen) atoms. The summed E-state index contributed by atoms with van der Waals surface area (Å²) in [6.07, 6.45) is 4.84. The average Bonchev–Trinajstić information content (AvgIpc) is 3.09. The lowest BCUT2D eigenvalue weighted by atomic mass is 10.1. The van der Waals surface area contributed by atoms with Gasteiger partial charge in [0, 0.05) is 6.20 Å².